The van der Waals surface area contributed by atoms with Crippen LogP contribution in [0.3, 0.4) is 0 Å². The summed E-state index contributed by atoms with van der Waals surface area (Å²) in [5.41, 5.74) is 1.71. The van der Waals surface area contributed by atoms with E-state index in [0.29, 0.717) is 34.0 Å². The number of hydrogen-bond acceptors (Lipinski definition) is 4. The monoisotopic (exact) mass is 442 g/mol. The van der Waals surface area contributed by atoms with Crippen molar-refractivity contribution in [2.24, 2.45) is 11.8 Å². The van der Waals surface area contributed by atoms with Crippen LogP contribution in [0, 0.1) is 35.8 Å². The molecule has 2 unspecified atom stereocenters. The summed E-state index contributed by atoms with van der Waals surface area (Å²) in [6.07, 6.45) is 9.22. The summed E-state index contributed by atoms with van der Waals surface area (Å²) in [4.78, 5) is 4.48. The molecule has 3 aliphatic rings. The topological polar surface area (TPSA) is 63.0 Å². The number of pyridine rings is 1. The number of nitrogens with zero attached hydrogens (tertiary/aromatic N) is 3. The third kappa shape index (κ3) is 2.61. The van der Waals surface area contributed by atoms with E-state index >= 15 is 4.39 Å². The molecule has 0 amide bonds. The minimum absolute atomic E-state index is 0.0264. The second-order valence-corrected chi connectivity index (χ2v) is 9.41. The number of rotatable bonds is 3. The van der Waals surface area contributed by atoms with E-state index in [2.05, 4.69) is 16.2 Å². The molecule has 7 rings (SSSR count). The van der Waals surface area contributed by atoms with E-state index in [4.69, 9.17) is 11.5 Å². The van der Waals surface area contributed by atoms with Gasteiger partial charge in [0.2, 0.25) is 0 Å². The van der Waals surface area contributed by atoms with Gasteiger partial charge in [0.15, 0.2) is 5.82 Å². The molecule has 2 aromatic heterocycles. The van der Waals surface area contributed by atoms with Crippen molar-refractivity contribution in [2.75, 3.05) is 13.1 Å². The zero-order valence-electron chi connectivity index (χ0n) is 17.6. The number of aromatic nitrogens is 3. The van der Waals surface area contributed by atoms with Gasteiger partial charge in [-0.25, -0.2) is 8.78 Å². The van der Waals surface area contributed by atoms with Gasteiger partial charge in [0, 0.05) is 28.5 Å². The number of terminal acetylenes is 1. The van der Waals surface area contributed by atoms with Crippen LogP contribution in [0.1, 0.15) is 36.1 Å². The van der Waals surface area contributed by atoms with Crippen LogP contribution in [0.25, 0.3) is 32.9 Å². The third-order valence-corrected chi connectivity index (χ3v) is 7.47. The fourth-order valence-electron chi connectivity index (χ4n) is 5.70. The summed E-state index contributed by atoms with van der Waals surface area (Å²) >= 11 is 0. The third-order valence-electron chi connectivity index (χ3n) is 7.47. The molecule has 0 spiro atoms. The Bertz CT molecular complexity index is 1520. The average Bonchev–Trinajstić information content (AvgIpc) is 3.68. The van der Waals surface area contributed by atoms with Gasteiger partial charge in [0.05, 0.1) is 17.3 Å². The summed E-state index contributed by atoms with van der Waals surface area (Å²) < 4.78 is 32.6. The van der Waals surface area contributed by atoms with Crippen molar-refractivity contribution in [3.8, 4) is 29.4 Å². The van der Waals surface area contributed by atoms with Crippen LogP contribution in [0.2, 0.25) is 0 Å². The molecule has 2 N–H and O–H groups in total. The Morgan fingerprint density at radius 3 is 2.67 bits per heavy atom. The van der Waals surface area contributed by atoms with Crippen molar-refractivity contribution in [1.82, 2.24) is 20.1 Å². The van der Waals surface area contributed by atoms with Crippen molar-refractivity contribution in [2.45, 2.75) is 24.8 Å². The van der Waals surface area contributed by atoms with Crippen LogP contribution in [-0.2, 0) is 0 Å². The van der Waals surface area contributed by atoms with Gasteiger partial charge in [-0.2, -0.15) is 5.10 Å². The summed E-state index contributed by atoms with van der Waals surface area (Å²) in [6, 6.07) is 5.85. The van der Waals surface area contributed by atoms with E-state index in [1.165, 1.54) is 24.3 Å². The van der Waals surface area contributed by atoms with Crippen molar-refractivity contribution in [3.63, 3.8) is 0 Å². The Balaban J connectivity index is 1.50. The van der Waals surface area contributed by atoms with Gasteiger partial charge in [0.25, 0.3) is 0 Å². The first-order valence-corrected chi connectivity index (χ1v) is 11.3. The largest absolute Gasteiger partial charge is 0.508 e. The highest BCUT2D eigenvalue weighted by molar-refractivity contribution is 6.02. The number of fused-ring (bicyclic) bond motifs is 3. The number of halogens is 2. The number of phenolic OH excluding ortho intramolecular Hbond substituents is 1. The van der Waals surface area contributed by atoms with Crippen LogP contribution < -0.4 is 5.32 Å². The number of benzene rings is 2. The normalized spacial score (nSPS) is 23.7. The summed E-state index contributed by atoms with van der Waals surface area (Å²) in [7, 11) is 0. The molecule has 0 radical (unpaired) electrons. The zero-order valence-corrected chi connectivity index (χ0v) is 17.6. The molecular weight excluding hydrogens is 422 g/mol. The minimum atomic E-state index is -0.572. The fourth-order valence-corrected chi connectivity index (χ4v) is 5.70. The van der Waals surface area contributed by atoms with E-state index in [1.54, 1.807) is 6.20 Å². The molecule has 3 atom stereocenters. The first-order chi connectivity index (χ1) is 16.1. The van der Waals surface area contributed by atoms with Crippen LogP contribution in [0.15, 0.2) is 30.5 Å². The van der Waals surface area contributed by atoms with Crippen molar-refractivity contribution in [1.29, 1.82) is 0 Å². The molecule has 3 heterocycles. The molecule has 1 saturated heterocycles. The smallest absolute Gasteiger partial charge is 0.175 e. The Morgan fingerprint density at radius 2 is 1.94 bits per heavy atom. The standard InChI is InChI=1S/C26H20F2N4O/c1-2-15-20(27)6-3-12-7-14(33)8-16(21(12)15)25-23(28)26-19(11-30-25)24(31-32(26)13-4-5-13)22-17-9-29-10-18(17)22/h1,3,6-8,11,13,17-18,22,29,33H,4-5,9-10H2/t17-,18?,22?/m0/s1. The lowest BCUT2D eigenvalue weighted by atomic mass is 9.95. The van der Waals surface area contributed by atoms with Crippen molar-refractivity contribution < 1.29 is 13.9 Å². The quantitative estimate of drug-likeness (QED) is 0.459. The number of phenols is 1. The first-order valence-electron chi connectivity index (χ1n) is 11.3. The molecule has 2 aromatic carbocycles. The number of nitrogens with one attached hydrogen (secondary N) is 1. The van der Waals surface area contributed by atoms with Gasteiger partial charge < -0.3 is 10.4 Å². The molecule has 1 aliphatic heterocycles. The van der Waals surface area contributed by atoms with E-state index in [-0.39, 0.29) is 28.6 Å². The van der Waals surface area contributed by atoms with Gasteiger partial charge in [-0.3, -0.25) is 9.67 Å². The van der Waals surface area contributed by atoms with Gasteiger partial charge in [-0.15, -0.1) is 6.42 Å². The highest BCUT2D eigenvalue weighted by atomic mass is 19.1. The fraction of sp³-hybridized carbons (Fsp3) is 0.308. The maximum Gasteiger partial charge on any atom is 0.175 e. The molecule has 4 aromatic rings. The first kappa shape index (κ1) is 19.0. The number of aromatic hydroxyl groups is 1. The maximum absolute atomic E-state index is 16.2. The van der Waals surface area contributed by atoms with Gasteiger partial charge in [-0.1, -0.05) is 12.0 Å². The SMILES string of the molecule is C#Cc1c(F)ccc2cc(O)cc(-c3ncc4c(C5C6CNC[C@@H]65)nn(C5CC5)c4c3F)c12. The molecule has 0 bridgehead atoms. The lowest BCUT2D eigenvalue weighted by Gasteiger charge is -2.12. The van der Waals surface area contributed by atoms with Crippen LogP contribution in [-0.4, -0.2) is 33.0 Å². The van der Waals surface area contributed by atoms with E-state index in [9.17, 15) is 9.50 Å². The Hall–Kier alpha value is -3.50. The van der Waals surface area contributed by atoms with E-state index in [0.717, 1.165) is 37.0 Å². The van der Waals surface area contributed by atoms with Gasteiger partial charge in [0.1, 0.15) is 22.8 Å². The van der Waals surface area contributed by atoms with Crippen molar-refractivity contribution >= 4 is 21.7 Å². The predicted octanol–water partition coefficient (Wildman–Crippen LogP) is 4.48. The second kappa shape index (κ2) is 6.52. The summed E-state index contributed by atoms with van der Waals surface area (Å²) in [6.45, 7) is 1.94. The zero-order chi connectivity index (χ0) is 22.4. The molecular formula is C26H20F2N4O. The molecule has 2 saturated carbocycles. The van der Waals surface area contributed by atoms with Gasteiger partial charge >= 0.3 is 0 Å². The molecule has 7 heteroatoms. The van der Waals surface area contributed by atoms with E-state index < -0.39 is 11.6 Å². The molecule has 33 heavy (non-hydrogen) atoms. The molecule has 164 valence electrons. The van der Waals surface area contributed by atoms with Crippen LogP contribution in [0.5, 0.6) is 5.75 Å². The Labute approximate surface area is 188 Å². The van der Waals surface area contributed by atoms with Crippen LogP contribution >= 0.6 is 0 Å². The summed E-state index contributed by atoms with van der Waals surface area (Å²) in [5, 5.41) is 20.2. The highest BCUT2D eigenvalue weighted by Gasteiger charge is 2.55. The average molecular weight is 442 g/mol. The number of hydrogen-bond donors (Lipinski definition) is 2. The number of piperidine rings is 1. The van der Waals surface area contributed by atoms with Gasteiger partial charge in [-0.05, 0) is 61.4 Å². The lowest BCUT2D eigenvalue weighted by molar-refractivity contribution is 0.476. The summed E-state index contributed by atoms with van der Waals surface area (Å²) in [5.74, 6) is 2.67. The molecule has 2 aliphatic carbocycles. The maximum atomic E-state index is 16.2. The Morgan fingerprint density at radius 1 is 1.15 bits per heavy atom. The lowest BCUT2D eigenvalue weighted by Crippen LogP contribution is -2.14. The Kier molecular flexibility index (Phi) is 3.76. The van der Waals surface area contributed by atoms with Crippen molar-refractivity contribution in [3.05, 3.63) is 53.4 Å². The highest BCUT2D eigenvalue weighted by Crippen LogP contribution is 2.57. The predicted molar refractivity (Wildman–Crippen MR) is 121 cm³/mol. The second-order valence-electron chi connectivity index (χ2n) is 9.41. The van der Waals surface area contributed by atoms with Crippen LogP contribution in [0.4, 0.5) is 8.78 Å². The molecule has 3 fully saturated rings. The van der Waals surface area contributed by atoms with E-state index in [1.807, 2.05) is 4.68 Å². The molecule has 5 nitrogen and oxygen atoms in total. The minimum Gasteiger partial charge on any atom is -0.508 e.